The fourth-order valence-corrected chi connectivity index (χ4v) is 2.81. The zero-order chi connectivity index (χ0) is 17.3. The summed E-state index contributed by atoms with van der Waals surface area (Å²) in [7, 11) is 0. The van der Waals surface area contributed by atoms with Gasteiger partial charge in [0.2, 0.25) is 11.8 Å². The van der Waals surface area contributed by atoms with Gasteiger partial charge in [-0.15, -0.1) is 0 Å². The third-order valence-electron chi connectivity index (χ3n) is 4.12. The van der Waals surface area contributed by atoms with Crippen molar-refractivity contribution in [3.8, 4) is 0 Å². The molecule has 2 aromatic rings. The number of hydrogen-bond donors (Lipinski definition) is 1. The van der Waals surface area contributed by atoms with E-state index in [0.717, 1.165) is 0 Å². The molecule has 2 heterocycles. The standard InChI is InChI=1S/C17H19N3O4/c1-10(2)16-18-14(24-19-16)7-8-15(21)20-9-12(17(22)23)11-5-3-4-6-13(11)20/h3-6,10,12H,7-9H2,1-2H3,(H,22,23)/t12-/m0/s1. The molecule has 0 saturated heterocycles. The van der Waals surface area contributed by atoms with Gasteiger partial charge in [0.25, 0.3) is 0 Å². The molecule has 3 rings (SSSR count). The maximum absolute atomic E-state index is 12.5. The highest BCUT2D eigenvalue weighted by atomic mass is 16.5. The number of para-hydroxylation sites is 1. The lowest BCUT2D eigenvalue weighted by Gasteiger charge is -2.16. The van der Waals surface area contributed by atoms with Crippen molar-refractivity contribution in [1.82, 2.24) is 10.1 Å². The normalized spacial score (nSPS) is 16.5. The summed E-state index contributed by atoms with van der Waals surface area (Å²) in [5.74, 6) is -0.531. The number of fused-ring (bicyclic) bond motifs is 1. The first-order valence-electron chi connectivity index (χ1n) is 7.92. The molecule has 1 N–H and O–H groups in total. The second kappa shape index (κ2) is 6.43. The third kappa shape index (κ3) is 3.02. The second-order valence-corrected chi connectivity index (χ2v) is 6.15. The van der Waals surface area contributed by atoms with Crippen LogP contribution in [0.5, 0.6) is 0 Å². The Bertz CT molecular complexity index is 769. The largest absolute Gasteiger partial charge is 0.481 e. The first-order chi connectivity index (χ1) is 11.5. The number of aromatic nitrogens is 2. The van der Waals surface area contributed by atoms with Gasteiger partial charge in [0, 0.05) is 31.0 Å². The quantitative estimate of drug-likeness (QED) is 0.904. The summed E-state index contributed by atoms with van der Waals surface area (Å²) in [6, 6.07) is 7.12. The van der Waals surface area contributed by atoms with Gasteiger partial charge in [-0.05, 0) is 11.6 Å². The molecule has 0 fully saturated rings. The Kier molecular flexibility index (Phi) is 4.33. The first-order valence-corrected chi connectivity index (χ1v) is 7.92. The van der Waals surface area contributed by atoms with Gasteiger partial charge in [0.05, 0.1) is 0 Å². The van der Waals surface area contributed by atoms with Crippen molar-refractivity contribution >= 4 is 17.6 Å². The minimum Gasteiger partial charge on any atom is -0.481 e. The number of carbonyl (C=O) groups is 2. The number of benzene rings is 1. The maximum Gasteiger partial charge on any atom is 0.312 e. The number of anilines is 1. The zero-order valence-electron chi connectivity index (χ0n) is 13.6. The number of aliphatic carboxylic acids is 1. The summed E-state index contributed by atoms with van der Waals surface area (Å²) < 4.78 is 5.14. The van der Waals surface area contributed by atoms with E-state index in [0.29, 0.717) is 29.4 Å². The van der Waals surface area contributed by atoms with E-state index in [-0.39, 0.29) is 24.8 Å². The number of rotatable bonds is 5. The van der Waals surface area contributed by atoms with Crippen molar-refractivity contribution in [2.75, 3.05) is 11.4 Å². The number of carboxylic acids is 1. The summed E-state index contributed by atoms with van der Waals surface area (Å²) in [5.41, 5.74) is 1.35. The average Bonchev–Trinajstić information content (AvgIpc) is 3.17. The van der Waals surface area contributed by atoms with Crippen LogP contribution in [-0.2, 0) is 16.0 Å². The monoisotopic (exact) mass is 329 g/mol. The number of amides is 1. The molecule has 0 bridgehead atoms. The number of nitrogens with zero attached hydrogens (tertiary/aromatic N) is 3. The van der Waals surface area contributed by atoms with E-state index in [2.05, 4.69) is 10.1 Å². The van der Waals surface area contributed by atoms with Crippen molar-refractivity contribution < 1.29 is 19.2 Å². The second-order valence-electron chi connectivity index (χ2n) is 6.15. The molecule has 1 amide bonds. The highest BCUT2D eigenvalue weighted by Crippen LogP contribution is 2.36. The molecule has 7 heteroatoms. The number of carboxylic acid groups (broad SMARTS) is 1. The predicted octanol–water partition coefficient (Wildman–Crippen LogP) is 2.34. The van der Waals surface area contributed by atoms with Gasteiger partial charge >= 0.3 is 5.97 Å². The summed E-state index contributed by atoms with van der Waals surface area (Å²) in [5, 5.41) is 13.2. The van der Waals surface area contributed by atoms with E-state index in [4.69, 9.17) is 4.52 Å². The molecule has 1 aliphatic heterocycles. The molecular weight excluding hydrogens is 310 g/mol. The molecule has 0 aliphatic carbocycles. The summed E-state index contributed by atoms with van der Waals surface area (Å²) in [6.45, 7) is 4.09. The molecule has 0 unspecified atom stereocenters. The van der Waals surface area contributed by atoms with Crippen LogP contribution in [-0.4, -0.2) is 33.7 Å². The molecule has 1 aliphatic rings. The third-order valence-corrected chi connectivity index (χ3v) is 4.12. The van der Waals surface area contributed by atoms with Crippen molar-refractivity contribution in [3.63, 3.8) is 0 Å². The fraction of sp³-hybridized carbons (Fsp3) is 0.412. The lowest BCUT2D eigenvalue weighted by Crippen LogP contribution is -2.31. The van der Waals surface area contributed by atoms with Gasteiger partial charge in [0.15, 0.2) is 5.82 Å². The molecule has 0 spiro atoms. The maximum atomic E-state index is 12.5. The number of carbonyl (C=O) groups excluding carboxylic acids is 1. The fourth-order valence-electron chi connectivity index (χ4n) is 2.81. The Morgan fingerprint density at radius 1 is 1.38 bits per heavy atom. The Morgan fingerprint density at radius 2 is 2.12 bits per heavy atom. The summed E-state index contributed by atoms with van der Waals surface area (Å²) >= 11 is 0. The lowest BCUT2D eigenvalue weighted by atomic mass is 10.0. The van der Waals surface area contributed by atoms with Gasteiger partial charge in [-0.25, -0.2) is 0 Å². The van der Waals surface area contributed by atoms with Crippen molar-refractivity contribution in [1.29, 1.82) is 0 Å². The van der Waals surface area contributed by atoms with Gasteiger partial charge in [-0.2, -0.15) is 4.98 Å². The molecule has 7 nitrogen and oxygen atoms in total. The van der Waals surface area contributed by atoms with Crippen LogP contribution < -0.4 is 4.90 Å². The number of aryl methyl sites for hydroxylation is 1. The smallest absolute Gasteiger partial charge is 0.312 e. The topological polar surface area (TPSA) is 96.5 Å². The summed E-state index contributed by atoms with van der Waals surface area (Å²) in [6.07, 6.45) is 0.537. The minimum atomic E-state index is -0.920. The van der Waals surface area contributed by atoms with Crippen molar-refractivity contribution in [2.24, 2.45) is 0 Å². The number of hydrogen-bond acceptors (Lipinski definition) is 5. The van der Waals surface area contributed by atoms with Gasteiger partial charge < -0.3 is 14.5 Å². The molecule has 126 valence electrons. The Balaban J connectivity index is 1.70. The van der Waals surface area contributed by atoms with Crippen LogP contribution in [0.2, 0.25) is 0 Å². The average molecular weight is 329 g/mol. The van der Waals surface area contributed by atoms with Crippen LogP contribution in [0.3, 0.4) is 0 Å². The summed E-state index contributed by atoms with van der Waals surface area (Å²) in [4.78, 5) is 29.7. The van der Waals surface area contributed by atoms with E-state index in [9.17, 15) is 14.7 Å². The van der Waals surface area contributed by atoms with Crippen LogP contribution >= 0.6 is 0 Å². The van der Waals surface area contributed by atoms with Crippen molar-refractivity contribution in [2.45, 2.75) is 38.5 Å². The predicted molar refractivity (Wildman–Crippen MR) is 85.9 cm³/mol. The van der Waals surface area contributed by atoms with Crippen LogP contribution in [0.25, 0.3) is 0 Å². The molecule has 1 aromatic heterocycles. The molecule has 24 heavy (non-hydrogen) atoms. The van der Waals surface area contributed by atoms with Gasteiger partial charge in [0.1, 0.15) is 5.92 Å². The van der Waals surface area contributed by atoms with Crippen LogP contribution in [0, 0.1) is 0 Å². The van der Waals surface area contributed by atoms with E-state index >= 15 is 0 Å². The minimum absolute atomic E-state index is 0.143. The van der Waals surface area contributed by atoms with E-state index in [1.54, 1.807) is 24.3 Å². The van der Waals surface area contributed by atoms with E-state index in [1.807, 2.05) is 13.8 Å². The van der Waals surface area contributed by atoms with E-state index in [1.165, 1.54) is 4.90 Å². The first kappa shape index (κ1) is 16.2. The molecule has 0 saturated carbocycles. The van der Waals surface area contributed by atoms with Crippen molar-refractivity contribution in [3.05, 3.63) is 41.5 Å². The van der Waals surface area contributed by atoms with Gasteiger partial charge in [-0.3, -0.25) is 9.59 Å². The Morgan fingerprint density at radius 3 is 2.79 bits per heavy atom. The highest BCUT2D eigenvalue weighted by molar-refractivity contribution is 5.98. The molecule has 1 aromatic carbocycles. The van der Waals surface area contributed by atoms with Crippen LogP contribution in [0.1, 0.15) is 49.4 Å². The SMILES string of the molecule is CC(C)c1noc(CCC(=O)N2C[C@H](C(=O)O)c3ccccc32)n1. The Labute approximate surface area is 139 Å². The lowest BCUT2D eigenvalue weighted by molar-refractivity contribution is -0.138. The molecular formula is C17H19N3O4. The van der Waals surface area contributed by atoms with E-state index < -0.39 is 11.9 Å². The van der Waals surface area contributed by atoms with Crippen LogP contribution in [0.4, 0.5) is 5.69 Å². The molecule has 0 radical (unpaired) electrons. The van der Waals surface area contributed by atoms with Crippen LogP contribution in [0.15, 0.2) is 28.8 Å². The highest BCUT2D eigenvalue weighted by Gasteiger charge is 2.36. The van der Waals surface area contributed by atoms with Gasteiger partial charge in [-0.1, -0.05) is 37.2 Å². The zero-order valence-corrected chi connectivity index (χ0v) is 13.6. The molecule has 1 atom stereocenters. The Hall–Kier alpha value is -2.70.